The quantitative estimate of drug-likeness (QED) is 0.221. The largest absolute Gasteiger partial charge is 0.496 e. The Morgan fingerprint density at radius 3 is 2.30 bits per heavy atom. The first-order valence-electron chi connectivity index (χ1n) is 14.2. The lowest BCUT2D eigenvalue weighted by Crippen LogP contribution is -2.41. The Kier molecular flexibility index (Phi) is 7.34. The van der Waals surface area contributed by atoms with E-state index in [1.165, 1.54) is 23.5 Å². The van der Waals surface area contributed by atoms with Crippen molar-refractivity contribution in [3.63, 3.8) is 0 Å². The van der Waals surface area contributed by atoms with Gasteiger partial charge in [0.15, 0.2) is 0 Å². The van der Waals surface area contributed by atoms with Crippen molar-refractivity contribution in [3.8, 4) is 11.3 Å². The van der Waals surface area contributed by atoms with Crippen LogP contribution in [0.4, 0.5) is 10.1 Å². The lowest BCUT2D eigenvalue weighted by Gasteiger charge is -2.32. The van der Waals surface area contributed by atoms with Gasteiger partial charge < -0.3 is 19.0 Å². The summed E-state index contributed by atoms with van der Waals surface area (Å²) in [7, 11) is -2.11. The zero-order valence-corrected chi connectivity index (χ0v) is 25.5. The van der Waals surface area contributed by atoms with Crippen LogP contribution >= 0.6 is 0 Å². The van der Waals surface area contributed by atoms with Gasteiger partial charge in [0.05, 0.1) is 34.7 Å². The summed E-state index contributed by atoms with van der Waals surface area (Å²) >= 11 is 0. The number of rotatable bonds is 8. The van der Waals surface area contributed by atoms with Crippen molar-refractivity contribution in [2.45, 2.75) is 64.2 Å². The molecule has 12 heteroatoms. The van der Waals surface area contributed by atoms with E-state index in [0.29, 0.717) is 33.5 Å². The van der Waals surface area contributed by atoms with Crippen molar-refractivity contribution in [1.29, 1.82) is 0 Å². The summed E-state index contributed by atoms with van der Waals surface area (Å²) in [6.45, 7) is 7.91. The predicted octanol–water partition coefficient (Wildman–Crippen LogP) is 4.70. The van der Waals surface area contributed by atoms with Crippen molar-refractivity contribution < 1.29 is 31.3 Å². The van der Waals surface area contributed by atoms with E-state index >= 15 is 0 Å². The van der Waals surface area contributed by atoms with E-state index in [-0.39, 0.29) is 24.1 Å². The molecule has 6 rings (SSSR count). The Labute approximate surface area is 251 Å². The van der Waals surface area contributed by atoms with Crippen molar-refractivity contribution >= 4 is 46.0 Å². The molecule has 43 heavy (non-hydrogen) atoms. The number of anilines is 1. The molecule has 0 radical (unpaired) electrons. The monoisotopic (exact) mass is 605 g/mol. The first-order valence-corrected chi connectivity index (χ1v) is 15.3. The van der Waals surface area contributed by atoms with Gasteiger partial charge in [0.2, 0.25) is 10.9 Å². The summed E-state index contributed by atoms with van der Waals surface area (Å²) in [4.78, 5) is 17.6. The molecule has 2 aliphatic rings. The van der Waals surface area contributed by atoms with Gasteiger partial charge in [-0.15, -0.1) is 0 Å². The summed E-state index contributed by atoms with van der Waals surface area (Å²) in [5.74, 6) is -0.332. The van der Waals surface area contributed by atoms with Crippen LogP contribution in [-0.4, -0.2) is 44.7 Å². The highest BCUT2D eigenvalue weighted by Crippen LogP contribution is 2.48. The molecule has 1 aliphatic carbocycles. The Morgan fingerprint density at radius 1 is 1.07 bits per heavy atom. The van der Waals surface area contributed by atoms with E-state index in [1.807, 2.05) is 39.8 Å². The maximum absolute atomic E-state index is 13.6. The number of pyridine rings is 1. The van der Waals surface area contributed by atoms with Crippen LogP contribution < -0.4 is 15.1 Å². The molecule has 1 N–H and O–H groups in total. The number of carbonyl (C=O) groups excluding carboxylic acids is 1. The van der Waals surface area contributed by atoms with Crippen LogP contribution in [0.1, 0.15) is 68.1 Å². The standard InChI is InChI=1S/C31H33BFN3O6S/c1-30(2)31(3,4)42-32(41-30)20-10-13-22(35-16-20)17-36(43(38)39)25-15-26-24(14-23(25)18-6-7-18)27(29(37)34-5)28(40-26)19-8-11-21(33)12-9-19/h8-16,18,43H,6-7,17H2,1-5H3,(H,34,37). The summed E-state index contributed by atoms with van der Waals surface area (Å²) in [6.07, 6.45) is 3.46. The number of fused-ring (bicyclic) bond motifs is 1. The molecule has 2 aromatic carbocycles. The Bertz CT molecular complexity index is 1760. The van der Waals surface area contributed by atoms with Gasteiger partial charge in [0, 0.05) is 35.7 Å². The number of carbonyl (C=O) groups is 1. The Hall–Kier alpha value is -3.74. The zero-order chi connectivity index (χ0) is 30.7. The number of amides is 1. The van der Waals surface area contributed by atoms with Crippen LogP contribution in [0.5, 0.6) is 0 Å². The molecule has 1 saturated carbocycles. The predicted molar refractivity (Wildman–Crippen MR) is 163 cm³/mol. The average Bonchev–Trinajstić information content (AvgIpc) is 3.70. The lowest BCUT2D eigenvalue weighted by molar-refractivity contribution is 0.00578. The van der Waals surface area contributed by atoms with Crippen LogP contribution in [0, 0.1) is 5.82 Å². The lowest BCUT2D eigenvalue weighted by atomic mass is 9.80. The molecule has 9 nitrogen and oxygen atoms in total. The van der Waals surface area contributed by atoms with E-state index in [9.17, 15) is 17.6 Å². The van der Waals surface area contributed by atoms with Gasteiger partial charge in [-0.1, -0.05) is 6.07 Å². The van der Waals surface area contributed by atoms with E-state index in [1.54, 1.807) is 30.5 Å². The number of hydrogen-bond acceptors (Lipinski definition) is 7. The number of benzene rings is 2. The maximum atomic E-state index is 13.6. The SMILES string of the molecule is CNC(=O)c1c(-c2ccc(F)cc2)oc2cc(N(Cc3ccc(B4OC(C)(C)C(C)(C)O4)cn3)[SH](=O)=O)c(C3CC3)cc12. The van der Waals surface area contributed by atoms with Crippen molar-refractivity contribution in [3.05, 3.63) is 77.4 Å². The topological polar surface area (TPSA) is 111 Å². The van der Waals surface area contributed by atoms with Crippen LogP contribution in [0.3, 0.4) is 0 Å². The third kappa shape index (κ3) is 5.43. The summed E-state index contributed by atoms with van der Waals surface area (Å²) in [6, 6.07) is 12.8. The van der Waals surface area contributed by atoms with E-state index in [0.717, 1.165) is 23.9 Å². The molecule has 0 bridgehead atoms. The summed E-state index contributed by atoms with van der Waals surface area (Å²) in [5.41, 5.74) is 2.79. The van der Waals surface area contributed by atoms with Crippen molar-refractivity contribution in [2.75, 3.05) is 11.4 Å². The fourth-order valence-electron chi connectivity index (χ4n) is 5.28. The number of halogens is 1. The molecule has 3 heterocycles. The van der Waals surface area contributed by atoms with Gasteiger partial charge in [-0.2, -0.15) is 0 Å². The van der Waals surface area contributed by atoms with Gasteiger partial charge >= 0.3 is 7.12 Å². The highest BCUT2D eigenvalue weighted by atomic mass is 32.2. The van der Waals surface area contributed by atoms with Gasteiger partial charge in [0.1, 0.15) is 17.2 Å². The minimum absolute atomic E-state index is 0.00140. The van der Waals surface area contributed by atoms with Gasteiger partial charge in [-0.05, 0) is 88.4 Å². The second kappa shape index (κ2) is 10.8. The number of nitrogens with zero attached hydrogens (tertiary/aromatic N) is 2. The molecule has 4 aromatic rings. The molecule has 0 spiro atoms. The molecule has 0 atom stereocenters. The number of nitrogens with one attached hydrogen (secondary N) is 1. The van der Waals surface area contributed by atoms with Crippen molar-refractivity contribution in [2.24, 2.45) is 0 Å². The fraction of sp³-hybridized carbons (Fsp3) is 0.355. The minimum Gasteiger partial charge on any atom is -0.455 e. The zero-order valence-electron chi connectivity index (χ0n) is 24.6. The second-order valence-corrected chi connectivity index (χ2v) is 13.0. The molecule has 1 aliphatic heterocycles. The molecular formula is C31H33BFN3O6S. The maximum Gasteiger partial charge on any atom is 0.496 e. The first kappa shape index (κ1) is 29.3. The van der Waals surface area contributed by atoms with Crippen LogP contribution in [0.15, 0.2) is 59.1 Å². The van der Waals surface area contributed by atoms with Gasteiger partial charge in [0.25, 0.3) is 5.91 Å². The minimum atomic E-state index is -3.06. The molecule has 1 saturated heterocycles. The second-order valence-electron chi connectivity index (χ2n) is 12.0. The number of thiol groups is 1. The first-order chi connectivity index (χ1) is 20.4. The van der Waals surface area contributed by atoms with Crippen LogP contribution in [0.2, 0.25) is 0 Å². The van der Waals surface area contributed by atoms with Gasteiger partial charge in [-0.25, -0.2) is 12.8 Å². The third-order valence-corrected chi connectivity index (χ3v) is 9.33. The fourth-order valence-corrected chi connectivity index (χ4v) is 5.89. The molecule has 224 valence electrons. The molecule has 2 aromatic heterocycles. The van der Waals surface area contributed by atoms with E-state index in [4.69, 9.17) is 13.7 Å². The number of hydrogen-bond donors (Lipinski definition) is 2. The highest BCUT2D eigenvalue weighted by Gasteiger charge is 2.51. The average molecular weight is 605 g/mol. The smallest absolute Gasteiger partial charge is 0.455 e. The normalized spacial score (nSPS) is 17.5. The summed E-state index contributed by atoms with van der Waals surface area (Å²) in [5, 5.41) is 3.23. The summed E-state index contributed by atoms with van der Waals surface area (Å²) < 4.78 is 58.8. The molecule has 2 fully saturated rings. The molecule has 0 unspecified atom stereocenters. The molecular weight excluding hydrogens is 572 g/mol. The van der Waals surface area contributed by atoms with Crippen molar-refractivity contribution in [1.82, 2.24) is 10.3 Å². The number of furan rings is 1. The highest BCUT2D eigenvalue weighted by molar-refractivity contribution is 7.74. The Morgan fingerprint density at radius 2 is 1.74 bits per heavy atom. The Balaban J connectivity index is 1.38. The van der Waals surface area contributed by atoms with Crippen LogP contribution in [0.25, 0.3) is 22.3 Å². The van der Waals surface area contributed by atoms with Gasteiger partial charge in [-0.3, -0.25) is 14.1 Å². The third-order valence-electron chi connectivity index (χ3n) is 8.57. The molecule has 1 amide bonds. The number of aromatic nitrogens is 1. The van der Waals surface area contributed by atoms with E-state index < -0.39 is 35.0 Å². The van der Waals surface area contributed by atoms with E-state index in [2.05, 4.69) is 10.3 Å². The van der Waals surface area contributed by atoms with Crippen LogP contribution in [-0.2, 0) is 26.7 Å².